The quantitative estimate of drug-likeness (QED) is 0.765. The minimum atomic E-state index is 0.310. The number of carbonyl (C=O) groups excluding carboxylic acids is 1. The molecule has 1 unspecified atom stereocenters. The summed E-state index contributed by atoms with van der Waals surface area (Å²) in [6.45, 7) is 2.19. The summed E-state index contributed by atoms with van der Waals surface area (Å²) in [6, 6.07) is 9.96. The van der Waals surface area contributed by atoms with E-state index in [1.807, 2.05) is 30.3 Å². The first-order valence-electron chi connectivity index (χ1n) is 6.17. The number of benzene rings is 1. The number of Topliss-reactive ketones (excluding diaryl/α,β-unsaturated/α-hetero) is 1. The predicted octanol–water partition coefficient (Wildman–Crippen LogP) is 3.71. The van der Waals surface area contributed by atoms with Gasteiger partial charge in [0.25, 0.3) is 0 Å². The first-order chi connectivity index (χ1) is 8.25. The highest BCUT2D eigenvalue weighted by Gasteiger charge is 2.13. The second-order valence-corrected chi connectivity index (χ2v) is 4.68. The van der Waals surface area contributed by atoms with Crippen molar-refractivity contribution in [3.05, 3.63) is 59.7 Å². The first kappa shape index (κ1) is 11.8. The van der Waals surface area contributed by atoms with E-state index in [-0.39, 0.29) is 0 Å². The highest BCUT2D eigenvalue weighted by Crippen LogP contribution is 2.23. The molecule has 0 aromatic heterocycles. The van der Waals surface area contributed by atoms with Crippen LogP contribution in [-0.2, 0) is 11.2 Å². The van der Waals surface area contributed by atoms with Gasteiger partial charge in [-0.2, -0.15) is 0 Å². The Bertz CT molecular complexity index is 440. The minimum Gasteiger partial charge on any atom is -0.299 e. The van der Waals surface area contributed by atoms with Crippen molar-refractivity contribution in [3.8, 4) is 0 Å². The molecule has 0 N–H and O–H groups in total. The van der Waals surface area contributed by atoms with Crippen LogP contribution in [0.15, 0.2) is 54.1 Å². The van der Waals surface area contributed by atoms with Crippen LogP contribution in [0.4, 0.5) is 0 Å². The van der Waals surface area contributed by atoms with Gasteiger partial charge in [-0.05, 0) is 17.9 Å². The van der Waals surface area contributed by atoms with Crippen LogP contribution < -0.4 is 0 Å². The molecule has 0 radical (unpaired) electrons. The Balaban J connectivity index is 1.94. The zero-order valence-electron chi connectivity index (χ0n) is 10.2. The van der Waals surface area contributed by atoms with Gasteiger partial charge in [-0.1, -0.05) is 61.1 Å². The van der Waals surface area contributed by atoms with Crippen molar-refractivity contribution in [2.45, 2.75) is 26.2 Å². The molecule has 1 aromatic rings. The summed E-state index contributed by atoms with van der Waals surface area (Å²) in [4.78, 5) is 12.0. The maximum Gasteiger partial charge on any atom is 0.141 e. The van der Waals surface area contributed by atoms with Gasteiger partial charge in [0.15, 0.2) is 0 Å². The van der Waals surface area contributed by atoms with E-state index in [2.05, 4.69) is 25.2 Å². The van der Waals surface area contributed by atoms with Crippen LogP contribution in [0.3, 0.4) is 0 Å². The van der Waals surface area contributed by atoms with Crippen LogP contribution in [0, 0.1) is 5.92 Å². The average Bonchev–Trinajstić information content (AvgIpc) is 2.33. The number of allylic oxidation sites excluding steroid dienone is 4. The Morgan fingerprint density at radius 1 is 1.24 bits per heavy atom. The standard InChI is InChI=1S/C16H18O/c1-13-7-5-6-10-15(13)12-16(17)11-14-8-3-2-4-9-14/h2-6,8-10,13H,7,11-12H2,1H3. The molecule has 1 nitrogen and oxygen atoms in total. The maximum atomic E-state index is 12.0. The molecule has 1 atom stereocenters. The van der Waals surface area contributed by atoms with Crippen LogP contribution in [0.25, 0.3) is 0 Å². The Hall–Kier alpha value is -1.63. The zero-order chi connectivity index (χ0) is 12.1. The molecule has 0 saturated heterocycles. The summed E-state index contributed by atoms with van der Waals surface area (Å²) in [5.74, 6) is 0.823. The highest BCUT2D eigenvalue weighted by molar-refractivity contribution is 5.83. The van der Waals surface area contributed by atoms with E-state index in [0.717, 1.165) is 12.0 Å². The van der Waals surface area contributed by atoms with Gasteiger partial charge in [0.1, 0.15) is 5.78 Å². The van der Waals surface area contributed by atoms with E-state index in [0.29, 0.717) is 24.5 Å². The van der Waals surface area contributed by atoms with E-state index in [9.17, 15) is 4.79 Å². The molecular weight excluding hydrogens is 208 g/mol. The SMILES string of the molecule is CC1CC=CC=C1CC(=O)Cc1ccccc1. The third-order valence-corrected chi connectivity index (χ3v) is 3.21. The van der Waals surface area contributed by atoms with E-state index < -0.39 is 0 Å². The third kappa shape index (κ3) is 3.42. The van der Waals surface area contributed by atoms with Gasteiger partial charge in [-0.3, -0.25) is 4.79 Å². The van der Waals surface area contributed by atoms with E-state index >= 15 is 0 Å². The number of rotatable bonds is 4. The first-order valence-corrected chi connectivity index (χ1v) is 6.17. The molecule has 0 heterocycles. The van der Waals surface area contributed by atoms with Crippen LogP contribution >= 0.6 is 0 Å². The molecule has 1 heteroatoms. The lowest BCUT2D eigenvalue weighted by Crippen LogP contribution is -2.09. The monoisotopic (exact) mass is 226 g/mol. The molecule has 0 spiro atoms. The molecule has 17 heavy (non-hydrogen) atoms. The molecule has 2 rings (SSSR count). The summed E-state index contributed by atoms with van der Waals surface area (Å²) in [5.41, 5.74) is 2.38. The Labute approximate surface area is 103 Å². The van der Waals surface area contributed by atoms with Crippen LogP contribution in [-0.4, -0.2) is 5.78 Å². The van der Waals surface area contributed by atoms with Gasteiger partial charge >= 0.3 is 0 Å². The summed E-state index contributed by atoms with van der Waals surface area (Å²) >= 11 is 0. The fraction of sp³-hybridized carbons (Fsp3) is 0.312. The largest absolute Gasteiger partial charge is 0.299 e. The van der Waals surface area contributed by atoms with Crippen molar-refractivity contribution < 1.29 is 4.79 Å². The van der Waals surface area contributed by atoms with Crippen molar-refractivity contribution in [1.82, 2.24) is 0 Å². The second kappa shape index (κ2) is 5.62. The average molecular weight is 226 g/mol. The second-order valence-electron chi connectivity index (χ2n) is 4.68. The zero-order valence-corrected chi connectivity index (χ0v) is 10.2. The van der Waals surface area contributed by atoms with Crippen molar-refractivity contribution >= 4 is 5.78 Å². The number of hydrogen-bond donors (Lipinski definition) is 0. The summed E-state index contributed by atoms with van der Waals surface area (Å²) in [6.07, 6.45) is 8.53. The van der Waals surface area contributed by atoms with Gasteiger partial charge in [-0.15, -0.1) is 0 Å². The normalized spacial score (nSPS) is 18.9. The molecule has 0 amide bonds. The van der Waals surface area contributed by atoms with E-state index in [4.69, 9.17) is 0 Å². The maximum absolute atomic E-state index is 12.0. The summed E-state index contributed by atoms with van der Waals surface area (Å²) in [5, 5.41) is 0. The molecule has 0 saturated carbocycles. The van der Waals surface area contributed by atoms with Gasteiger partial charge in [0, 0.05) is 12.8 Å². The summed E-state index contributed by atoms with van der Waals surface area (Å²) < 4.78 is 0. The van der Waals surface area contributed by atoms with Gasteiger partial charge in [-0.25, -0.2) is 0 Å². The number of ketones is 1. The van der Waals surface area contributed by atoms with Crippen molar-refractivity contribution in [1.29, 1.82) is 0 Å². The molecule has 1 aliphatic rings. The molecule has 0 aliphatic heterocycles. The Morgan fingerprint density at radius 2 is 2.00 bits per heavy atom. The van der Waals surface area contributed by atoms with Gasteiger partial charge in [0.05, 0.1) is 0 Å². The van der Waals surface area contributed by atoms with Crippen molar-refractivity contribution in [2.24, 2.45) is 5.92 Å². The lowest BCUT2D eigenvalue weighted by Gasteiger charge is -2.16. The van der Waals surface area contributed by atoms with Gasteiger partial charge in [0.2, 0.25) is 0 Å². The van der Waals surface area contributed by atoms with E-state index in [1.54, 1.807) is 0 Å². The van der Waals surface area contributed by atoms with Gasteiger partial charge < -0.3 is 0 Å². The fourth-order valence-electron chi connectivity index (χ4n) is 2.14. The summed E-state index contributed by atoms with van der Waals surface area (Å²) in [7, 11) is 0. The fourth-order valence-corrected chi connectivity index (χ4v) is 2.14. The van der Waals surface area contributed by atoms with Crippen molar-refractivity contribution in [2.75, 3.05) is 0 Å². The smallest absolute Gasteiger partial charge is 0.141 e. The van der Waals surface area contributed by atoms with Crippen molar-refractivity contribution in [3.63, 3.8) is 0 Å². The molecular formula is C16H18O. The third-order valence-electron chi connectivity index (χ3n) is 3.21. The van der Waals surface area contributed by atoms with E-state index in [1.165, 1.54) is 5.57 Å². The predicted molar refractivity (Wildman–Crippen MR) is 70.8 cm³/mol. The molecule has 1 aromatic carbocycles. The molecule has 88 valence electrons. The Morgan fingerprint density at radius 3 is 2.71 bits per heavy atom. The topological polar surface area (TPSA) is 17.1 Å². The molecule has 0 fully saturated rings. The minimum absolute atomic E-state index is 0.310. The number of hydrogen-bond acceptors (Lipinski definition) is 1. The van der Waals surface area contributed by atoms with Crippen LogP contribution in [0.1, 0.15) is 25.3 Å². The lowest BCUT2D eigenvalue weighted by atomic mass is 9.89. The number of carbonyl (C=O) groups is 1. The molecule has 0 bridgehead atoms. The molecule has 1 aliphatic carbocycles. The van der Waals surface area contributed by atoms with Crippen LogP contribution in [0.2, 0.25) is 0 Å². The van der Waals surface area contributed by atoms with Crippen LogP contribution in [0.5, 0.6) is 0 Å². The highest BCUT2D eigenvalue weighted by atomic mass is 16.1. The Kier molecular flexibility index (Phi) is 3.92. The lowest BCUT2D eigenvalue weighted by molar-refractivity contribution is -0.117.